The Morgan fingerprint density at radius 1 is 1.67 bits per heavy atom. The van der Waals surface area contributed by atoms with Crippen molar-refractivity contribution in [3.63, 3.8) is 0 Å². The minimum absolute atomic E-state index is 0.235. The summed E-state index contributed by atoms with van der Waals surface area (Å²) in [5, 5.41) is 15.4. The molecular formula is C7H9N3O2. The minimum Gasteiger partial charge on any atom is -0.475 e. The minimum atomic E-state index is -1.14. The summed E-state index contributed by atoms with van der Waals surface area (Å²) in [5.41, 5.74) is 0.671. The van der Waals surface area contributed by atoms with E-state index in [0.717, 1.165) is 12.8 Å². The molecule has 5 nitrogen and oxygen atoms in total. The highest BCUT2D eigenvalue weighted by Gasteiger charge is 2.07. The first-order valence-electron chi connectivity index (χ1n) is 3.66. The SMILES string of the molecule is CCCc1cnnc(C(=O)O)n1. The number of rotatable bonds is 3. The third-order valence-corrected chi connectivity index (χ3v) is 1.31. The van der Waals surface area contributed by atoms with Crippen LogP contribution in [0.15, 0.2) is 6.20 Å². The van der Waals surface area contributed by atoms with E-state index >= 15 is 0 Å². The maximum Gasteiger partial charge on any atom is 0.375 e. The van der Waals surface area contributed by atoms with Gasteiger partial charge in [0.05, 0.1) is 11.9 Å². The van der Waals surface area contributed by atoms with E-state index in [0.29, 0.717) is 5.69 Å². The Balaban J connectivity index is 2.88. The molecule has 0 aliphatic carbocycles. The smallest absolute Gasteiger partial charge is 0.375 e. The van der Waals surface area contributed by atoms with E-state index < -0.39 is 5.97 Å². The molecule has 1 aromatic rings. The third-order valence-electron chi connectivity index (χ3n) is 1.31. The van der Waals surface area contributed by atoms with E-state index in [1.165, 1.54) is 6.20 Å². The average molecular weight is 167 g/mol. The molecule has 0 radical (unpaired) electrons. The Morgan fingerprint density at radius 3 is 3.00 bits per heavy atom. The van der Waals surface area contributed by atoms with Gasteiger partial charge in [-0.2, -0.15) is 5.10 Å². The van der Waals surface area contributed by atoms with Gasteiger partial charge in [-0.3, -0.25) is 0 Å². The second-order valence-electron chi connectivity index (χ2n) is 2.33. The lowest BCUT2D eigenvalue weighted by molar-refractivity contribution is 0.0681. The van der Waals surface area contributed by atoms with Crippen molar-refractivity contribution in [2.75, 3.05) is 0 Å². The molecule has 64 valence electrons. The molecule has 0 aliphatic heterocycles. The zero-order valence-electron chi connectivity index (χ0n) is 6.69. The van der Waals surface area contributed by atoms with E-state index in [-0.39, 0.29) is 5.82 Å². The van der Waals surface area contributed by atoms with Crippen molar-refractivity contribution in [3.05, 3.63) is 17.7 Å². The zero-order chi connectivity index (χ0) is 8.97. The van der Waals surface area contributed by atoms with Crippen LogP contribution >= 0.6 is 0 Å². The number of carboxylic acid groups (broad SMARTS) is 1. The largest absolute Gasteiger partial charge is 0.475 e. The van der Waals surface area contributed by atoms with Gasteiger partial charge in [0.1, 0.15) is 0 Å². The molecule has 0 atom stereocenters. The fraction of sp³-hybridized carbons (Fsp3) is 0.429. The Hall–Kier alpha value is -1.52. The maximum atomic E-state index is 10.4. The van der Waals surface area contributed by atoms with Gasteiger partial charge < -0.3 is 5.11 Å². The monoisotopic (exact) mass is 167 g/mol. The molecule has 5 heteroatoms. The molecular weight excluding hydrogens is 158 g/mol. The van der Waals surface area contributed by atoms with Crippen LogP contribution in [0.4, 0.5) is 0 Å². The van der Waals surface area contributed by atoms with Crippen LogP contribution in [0.25, 0.3) is 0 Å². The maximum absolute atomic E-state index is 10.4. The highest BCUT2D eigenvalue weighted by atomic mass is 16.4. The van der Waals surface area contributed by atoms with Crippen molar-refractivity contribution in [1.29, 1.82) is 0 Å². The number of hydrogen-bond acceptors (Lipinski definition) is 4. The molecule has 12 heavy (non-hydrogen) atoms. The lowest BCUT2D eigenvalue weighted by atomic mass is 10.3. The molecule has 0 saturated carbocycles. The van der Waals surface area contributed by atoms with E-state index in [9.17, 15) is 4.79 Å². The summed E-state index contributed by atoms with van der Waals surface area (Å²) in [6, 6.07) is 0. The fourth-order valence-corrected chi connectivity index (χ4v) is 0.805. The Labute approximate surface area is 69.5 Å². The highest BCUT2D eigenvalue weighted by Crippen LogP contribution is 1.96. The molecule has 1 aromatic heterocycles. The summed E-state index contributed by atoms with van der Waals surface area (Å²) >= 11 is 0. The van der Waals surface area contributed by atoms with Crippen molar-refractivity contribution in [2.24, 2.45) is 0 Å². The van der Waals surface area contributed by atoms with Crippen LogP contribution in [0.3, 0.4) is 0 Å². The van der Waals surface area contributed by atoms with Crippen LogP contribution in [0.2, 0.25) is 0 Å². The van der Waals surface area contributed by atoms with Crippen LogP contribution in [-0.2, 0) is 6.42 Å². The molecule has 0 fully saturated rings. The van der Waals surface area contributed by atoms with Gasteiger partial charge in [-0.05, 0) is 6.42 Å². The van der Waals surface area contributed by atoms with Crippen LogP contribution in [0.1, 0.15) is 29.7 Å². The molecule has 0 aromatic carbocycles. The number of hydrogen-bond donors (Lipinski definition) is 1. The first-order chi connectivity index (χ1) is 5.74. The van der Waals surface area contributed by atoms with Crippen LogP contribution in [0, 0.1) is 0 Å². The van der Waals surface area contributed by atoms with Crippen LogP contribution in [-0.4, -0.2) is 26.3 Å². The number of carbonyl (C=O) groups is 1. The van der Waals surface area contributed by atoms with Crippen molar-refractivity contribution in [2.45, 2.75) is 19.8 Å². The summed E-state index contributed by atoms with van der Waals surface area (Å²) in [6.07, 6.45) is 3.13. The summed E-state index contributed by atoms with van der Waals surface area (Å²) in [7, 11) is 0. The number of carboxylic acids is 1. The van der Waals surface area contributed by atoms with Gasteiger partial charge in [-0.25, -0.2) is 9.78 Å². The van der Waals surface area contributed by atoms with E-state index in [1.807, 2.05) is 6.92 Å². The molecule has 0 unspecified atom stereocenters. The lowest BCUT2D eigenvalue weighted by Gasteiger charge is -1.96. The molecule has 0 bridgehead atoms. The Bertz CT molecular complexity index is 288. The lowest BCUT2D eigenvalue weighted by Crippen LogP contribution is -2.07. The van der Waals surface area contributed by atoms with Crippen molar-refractivity contribution in [3.8, 4) is 0 Å². The van der Waals surface area contributed by atoms with Gasteiger partial charge in [-0.1, -0.05) is 13.3 Å². The van der Waals surface area contributed by atoms with Crippen molar-refractivity contribution in [1.82, 2.24) is 15.2 Å². The molecule has 0 saturated heterocycles. The predicted molar refractivity (Wildman–Crippen MR) is 40.8 cm³/mol. The van der Waals surface area contributed by atoms with E-state index in [1.54, 1.807) is 0 Å². The molecule has 1 rings (SSSR count). The van der Waals surface area contributed by atoms with Gasteiger partial charge in [-0.15, -0.1) is 5.10 Å². The number of aromatic nitrogens is 3. The predicted octanol–water partition coefficient (Wildman–Crippen LogP) is 0.522. The van der Waals surface area contributed by atoms with Crippen LogP contribution in [0.5, 0.6) is 0 Å². The van der Waals surface area contributed by atoms with Crippen molar-refractivity contribution >= 4 is 5.97 Å². The Kier molecular flexibility index (Phi) is 2.68. The number of nitrogens with zero attached hydrogens (tertiary/aromatic N) is 3. The van der Waals surface area contributed by atoms with Crippen molar-refractivity contribution < 1.29 is 9.90 Å². The van der Waals surface area contributed by atoms with Crippen LogP contribution < -0.4 is 0 Å². The van der Waals surface area contributed by atoms with Gasteiger partial charge in [0.2, 0.25) is 0 Å². The van der Waals surface area contributed by atoms with Gasteiger partial charge in [0.25, 0.3) is 5.82 Å². The number of aryl methyl sites for hydroxylation is 1. The first-order valence-corrected chi connectivity index (χ1v) is 3.66. The Morgan fingerprint density at radius 2 is 2.42 bits per heavy atom. The fourth-order valence-electron chi connectivity index (χ4n) is 0.805. The second kappa shape index (κ2) is 3.75. The molecule has 0 aliphatic rings. The average Bonchev–Trinajstić information content (AvgIpc) is 2.05. The summed E-state index contributed by atoms with van der Waals surface area (Å²) in [4.78, 5) is 14.2. The molecule has 1 N–H and O–H groups in total. The standard InChI is InChI=1S/C7H9N3O2/c1-2-3-5-4-8-10-6(9-5)7(11)12/h4H,2-3H2,1H3,(H,11,12). The van der Waals surface area contributed by atoms with E-state index in [4.69, 9.17) is 5.11 Å². The molecule has 0 spiro atoms. The molecule has 1 heterocycles. The highest BCUT2D eigenvalue weighted by molar-refractivity contribution is 5.82. The normalized spacial score (nSPS) is 9.75. The topological polar surface area (TPSA) is 76.0 Å². The quantitative estimate of drug-likeness (QED) is 0.710. The third kappa shape index (κ3) is 1.98. The first kappa shape index (κ1) is 8.58. The van der Waals surface area contributed by atoms with Gasteiger partial charge in [0.15, 0.2) is 0 Å². The zero-order valence-corrected chi connectivity index (χ0v) is 6.69. The number of aromatic carboxylic acids is 1. The summed E-state index contributed by atoms with van der Waals surface area (Å²) in [5.74, 6) is -1.37. The second-order valence-corrected chi connectivity index (χ2v) is 2.33. The van der Waals surface area contributed by atoms with Gasteiger partial charge in [0, 0.05) is 0 Å². The molecule has 0 amide bonds. The van der Waals surface area contributed by atoms with Gasteiger partial charge >= 0.3 is 5.97 Å². The summed E-state index contributed by atoms with van der Waals surface area (Å²) < 4.78 is 0. The summed E-state index contributed by atoms with van der Waals surface area (Å²) in [6.45, 7) is 1.99. The van der Waals surface area contributed by atoms with E-state index in [2.05, 4.69) is 15.2 Å².